The fraction of sp³-hybridized carbons (Fsp3) is 0.650. The normalized spacial score (nSPS) is 21.5. The van der Waals surface area contributed by atoms with E-state index in [0.717, 1.165) is 56.9 Å². The molecule has 2 aliphatic rings. The van der Waals surface area contributed by atoms with Crippen LogP contribution in [-0.4, -0.2) is 59.6 Å². The van der Waals surface area contributed by atoms with Gasteiger partial charge in [-0.05, 0) is 55.7 Å². The summed E-state index contributed by atoms with van der Waals surface area (Å²) < 4.78 is 12.9. The number of hydrogen-bond donors (Lipinski definition) is 1. The van der Waals surface area contributed by atoms with Crippen molar-refractivity contribution in [1.82, 2.24) is 9.80 Å². The van der Waals surface area contributed by atoms with Gasteiger partial charge in [0.15, 0.2) is 0 Å². The minimum absolute atomic E-state index is 0.179. The van der Waals surface area contributed by atoms with Crippen molar-refractivity contribution in [2.24, 2.45) is 5.92 Å². The molecule has 1 aromatic carbocycles. The molecular weight excluding hydrogens is 319 g/mol. The molecule has 4 nitrogen and oxygen atoms in total. The number of aliphatic hydroxyl groups excluding tert-OH is 1. The van der Waals surface area contributed by atoms with Crippen molar-refractivity contribution in [1.29, 1.82) is 0 Å². The lowest BCUT2D eigenvalue weighted by molar-refractivity contribution is -0.134. The minimum atomic E-state index is -0.223. The molecule has 1 N–H and O–H groups in total. The average molecular weight is 348 g/mol. The first-order valence-electron chi connectivity index (χ1n) is 9.53. The van der Waals surface area contributed by atoms with Crippen molar-refractivity contribution in [3.63, 3.8) is 0 Å². The zero-order chi connectivity index (χ0) is 17.6. The van der Waals surface area contributed by atoms with Gasteiger partial charge in [-0.25, -0.2) is 4.39 Å². The third kappa shape index (κ3) is 5.51. The molecule has 1 aliphatic heterocycles. The molecule has 1 atom stereocenters. The van der Waals surface area contributed by atoms with Crippen LogP contribution in [0.4, 0.5) is 4.39 Å². The van der Waals surface area contributed by atoms with E-state index in [1.165, 1.54) is 25.0 Å². The van der Waals surface area contributed by atoms with Crippen molar-refractivity contribution in [2.45, 2.75) is 44.6 Å². The Hall–Kier alpha value is -1.46. The van der Waals surface area contributed by atoms with Crippen LogP contribution in [0.25, 0.3) is 0 Å². The molecule has 0 unspecified atom stereocenters. The van der Waals surface area contributed by atoms with Gasteiger partial charge in [-0.2, -0.15) is 0 Å². The van der Waals surface area contributed by atoms with Crippen LogP contribution >= 0.6 is 0 Å². The van der Waals surface area contributed by atoms with E-state index in [1.54, 1.807) is 12.1 Å². The molecule has 5 heteroatoms. The highest BCUT2D eigenvalue weighted by Crippen LogP contribution is 2.31. The third-order valence-electron chi connectivity index (χ3n) is 5.38. The number of carbonyl (C=O) groups excluding carboxylic acids is 1. The number of carbonyl (C=O) groups is 1. The van der Waals surface area contributed by atoms with E-state index in [-0.39, 0.29) is 18.3 Å². The summed E-state index contributed by atoms with van der Waals surface area (Å²) in [6.45, 7) is 3.76. The predicted molar refractivity (Wildman–Crippen MR) is 95.7 cm³/mol. The first kappa shape index (κ1) is 18.3. The van der Waals surface area contributed by atoms with Crippen molar-refractivity contribution in [2.75, 3.05) is 32.8 Å². The Balaban J connectivity index is 1.44. The standard InChI is InChI=1S/C20H29FN2O2/c21-18-8-6-16(7-9-18)2-1-3-20(25)23-12-11-22(14-17-4-5-17)19(15-23)10-13-24/h6-9,17,19,24H,1-5,10-15H2/t19-/m1/s1. The zero-order valence-corrected chi connectivity index (χ0v) is 14.9. The maximum Gasteiger partial charge on any atom is 0.222 e. The van der Waals surface area contributed by atoms with Gasteiger partial charge in [-0.1, -0.05) is 12.1 Å². The largest absolute Gasteiger partial charge is 0.396 e. The van der Waals surface area contributed by atoms with Crippen LogP contribution in [0, 0.1) is 11.7 Å². The van der Waals surface area contributed by atoms with E-state index in [4.69, 9.17) is 0 Å². The highest BCUT2D eigenvalue weighted by molar-refractivity contribution is 5.76. The van der Waals surface area contributed by atoms with E-state index in [9.17, 15) is 14.3 Å². The highest BCUT2D eigenvalue weighted by atomic mass is 19.1. The van der Waals surface area contributed by atoms with Crippen molar-refractivity contribution >= 4 is 5.91 Å². The second-order valence-corrected chi connectivity index (χ2v) is 7.42. The number of benzene rings is 1. The van der Waals surface area contributed by atoms with Gasteiger partial charge in [-0.3, -0.25) is 9.69 Å². The topological polar surface area (TPSA) is 43.8 Å². The quantitative estimate of drug-likeness (QED) is 0.785. The fourth-order valence-electron chi connectivity index (χ4n) is 3.67. The van der Waals surface area contributed by atoms with Crippen molar-refractivity contribution in [3.05, 3.63) is 35.6 Å². The Labute approximate surface area is 149 Å². The molecule has 2 fully saturated rings. The number of piperazine rings is 1. The molecular formula is C20H29FN2O2. The van der Waals surface area contributed by atoms with E-state index in [0.29, 0.717) is 12.5 Å². The lowest BCUT2D eigenvalue weighted by Crippen LogP contribution is -2.55. The van der Waals surface area contributed by atoms with Crippen LogP contribution in [0.5, 0.6) is 0 Å². The summed E-state index contributed by atoms with van der Waals surface area (Å²) in [5.74, 6) is 0.814. The van der Waals surface area contributed by atoms with E-state index in [2.05, 4.69) is 4.90 Å². The summed E-state index contributed by atoms with van der Waals surface area (Å²) in [6.07, 6.45) is 5.52. The monoisotopic (exact) mass is 348 g/mol. The first-order chi connectivity index (χ1) is 12.2. The molecule has 0 spiro atoms. The first-order valence-corrected chi connectivity index (χ1v) is 9.53. The minimum Gasteiger partial charge on any atom is -0.396 e. The lowest BCUT2D eigenvalue weighted by atomic mass is 10.1. The average Bonchev–Trinajstić information content (AvgIpc) is 3.42. The van der Waals surface area contributed by atoms with Gasteiger partial charge in [-0.15, -0.1) is 0 Å². The third-order valence-corrected chi connectivity index (χ3v) is 5.38. The molecule has 0 aromatic heterocycles. The highest BCUT2D eigenvalue weighted by Gasteiger charge is 2.32. The molecule has 1 saturated heterocycles. The summed E-state index contributed by atoms with van der Waals surface area (Å²) in [7, 11) is 0. The summed E-state index contributed by atoms with van der Waals surface area (Å²) >= 11 is 0. The van der Waals surface area contributed by atoms with Gasteiger partial charge in [0.2, 0.25) is 5.91 Å². The molecule has 1 saturated carbocycles. The lowest BCUT2D eigenvalue weighted by Gasteiger charge is -2.41. The van der Waals surface area contributed by atoms with Gasteiger partial charge < -0.3 is 10.0 Å². The van der Waals surface area contributed by atoms with Crippen LogP contribution in [0.3, 0.4) is 0 Å². The molecule has 0 radical (unpaired) electrons. The van der Waals surface area contributed by atoms with Crippen LogP contribution in [0.1, 0.15) is 37.7 Å². The summed E-state index contributed by atoms with van der Waals surface area (Å²) in [5.41, 5.74) is 1.07. The zero-order valence-electron chi connectivity index (χ0n) is 14.9. The van der Waals surface area contributed by atoms with Crippen molar-refractivity contribution in [3.8, 4) is 0 Å². The summed E-state index contributed by atoms with van der Waals surface area (Å²) in [6, 6.07) is 6.80. The molecule has 0 bridgehead atoms. The number of amides is 1. The Morgan fingerprint density at radius 2 is 1.96 bits per heavy atom. The van der Waals surface area contributed by atoms with Crippen LogP contribution in [-0.2, 0) is 11.2 Å². The van der Waals surface area contributed by atoms with Crippen LogP contribution in [0.15, 0.2) is 24.3 Å². The Morgan fingerprint density at radius 3 is 2.64 bits per heavy atom. The summed E-state index contributed by atoms with van der Waals surface area (Å²) in [5, 5.41) is 9.34. The van der Waals surface area contributed by atoms with Gasteiger partial charge >= 0.3 is 0 Å². The number of halogens is 1. The SMILES string of the molecule is O=C(CCCc1ccc(F)cc1)N1CCN(CC2CC2)[C@H](CCO)C1. The summed E-state index contributed by atoms with van der Waals surface area (Å²) in [4.78, 5) is 17.0. The Kier molecular flexibility index (Phi) is 6.43. The van der Waals surface area contributed by atoms with E-state index < -0.39 is 0 Å². The second-order valence-electron chi connectivity index (χ2n) is 7.42. The molecule has 138 valence electrons. The Bertz CT molecular complexity index is 559. The van der Waals surface area contributed by atoms with E-state index >= 15 is 0 Å². The number of rotatable bonds is 8. The fourth-order valence-corrected chi connectivity index (χ4v) is 3.67. The number of hydrogen-bond acceptors (Lipinski definition) is 3. The molecule has 1 aliphatic carbocycles. The van der Waals surface area contributed by atoms with Gasteiger partial charge in [0.05, 0.1) is 0 Å². The van der Waals surface area contributed by atoms with Gasteiger partial charge in [0.25, 0.3) is 0 Å². The van der Waals surface area contributed by atoms with E-state index in [1.807, 2.05) is 4.90 Å². The number of aliphatic hydroxyl groups is 1. The molecule has 25 heavy (non-hydrogen) atoms. The molecule has 1 heterocycles. The second kappa shape index (κ2) is 8.77. The molecule has 3 rings (SSSR count). The maximum absolute atomic E-state index is 12.9. The van der Waals surface area contributed by atoms with Crippen molar-refractivity contribution < 1.29 is 14.3 Å². The van der Waals surface area contributed by atoms with Crippen LogP contribution < -0.4 is 0 Å². The number of aryl methyl sites for hydroxylation is 1. The molecule has 1 aromatic rings. The maximum atomic E-state index is 12.9. The predicted octanol–water partition coefficient (Wildman–Crippen LogP) is 2.45. The van der Waals surface area contributed by atoms with Gasteiger partial charge in [0, 0.05) is 45.2 Å². The molecule has 1 amide bonds. The smallest absolute Gasteiger partial charge is 0.222 e. The Morgan fingerprint density at radius 1 is 1.20 bits per heavy atom. The van der Waals surface area contributed by atoms with Crippen LogP contribution in [0.2, 0.25) is 0 Å². The van der Waals surface area contributed by atoms with Gasteiger partial charge in [0.1, 0.15) is 5.82 Å². The number of nitrogens with zero attached hydrogens (tertiary/aromatic N) is 2.